The van der Waals surface area contributed by atoms with E-state index in [-0.39, 0.29) is 5.75 Å². The summed E-state index contributed by atoms with van der Waals surface area (Å²) in [6.07, 6.45) is 0. The van der Waals surface area contributed by atoms with Gasteiger partial charge in [-0.05, 0) is 60.0 Å². The van der Waals surface area contributed by atoms with E-state index in [4.69, 9.17) is 14.2 Å². The van der Waals surface area contributed by atoms with Crippen LogP contribution in [0.2, 0.25) is 0 Å². The number of aromatic hydroxyl groups is 1. The van der Waals surface area contributed by atoms with E-state index < -0.39 is 0 Å². The lowest BCUT2D eigenvalue weighted by atomic mass is 9.86. The molecular formula is C24H22O4. The molecular weight excluding hydrogens is 352 g/mol. The first kappa shape index (κ1) is 18.0. The maximum absolute atomic E-state index is 10.1. The quantitative estimate of drug-likeness (QED) is 0.693. The van der Waals surface area contributed by atoms with Gasteiger partial charge in [0.1, 0.15) is 29.6 Å². The highest BCUT2D eigenvalue weighted by atomic mass is 16.5. The number of hydrogen-bond donors (Lipinski definition) is 1. The van der Waals surface area contributed by atoms with E-state index in [1.165, 1.54) is 0 Å². The van der Waals surface area contributed by atoms with Gasteiger partial charge in [0.15, 0.2) is 0 Å². The number of benzene rings is 3. The maximum atomic E-state index is 10.1. The van der Waals surface area contributed by atoms with Crippen LogP contribution < -0.4 is 14.2 Å². The average molecular weight is 374 g/mol. The Morgan fingerprint density at radius 2 is 1.61 bits per heavy atom. The van der Waals surface area contributed by atoms with Gasteiger partial charge in [0.05, 0.1) is 14.2 Å². The minimum Gasteiger partial charge on any atom is -0.508 e. The van der Waals surface area contributed by atoms with Gasteiger partial charge in [0.25, 0.3) is 0 Å². The molecule has 3 aromatic rings. The molecule has 0 unspecified atom stereocenters. The van der Waals surface area contributed by atoms with Gasteiger partial charge in [0.2, 0.25) is 0 Å². The van der Waals surface area contributed by atoms with E-state index in [1.807, 2.05) is 55.5 Å². The third kappa shape index (κ3) is 3.07. The molecule has 1 aliphatic rings. The van der Waals surface area contributed by atoms with Gasteiger partial charge >= 0.3 is 0 Å². The van der Waals surface area contributed by atoms with Crippen molar-refractivity contribution in [1.29, 1.82) is 0 Å². The van der Waals surface area contributed by atoms with Gasteiger partial charge in [-0.3, -0.25) is 0 Å². The summed E-state index contributed by atoms with van der Waals surface area (Å²) in [6.45, 7) is 2.28. The molecule has 4 nitrogen and oxygen atoms in total. The number of phenolic OH excluding ortho intramolecular Hbond substituents is 1. The smallest absolute Gasteiger partial charge is 0.134 e. The molecule has 142 valence electrons. The topological polar surface area (TPSA) is 47.9 Å². The fourth-order valence-corrected chi connectivity index (χ4v) is 3.57. The molecule has 3 aromatic carbocycles. The molecule has 0 aromatic heterocycles. The number of phenols is 1. The van der Waals surface area contributed by atoms with E-state index in [1.54, 1.807) is 20.3 Å². The molecule has 28 heavy (non-hydrogen) atoms. The monoisotopic (exact) mass is 374 g/mol. The van der Waals surface area contributed by atoms with E-state index in [2.05, 4.69) is 6.07 Å². The molecule has 0 atom stereocenters. The fourth-order valence-electron chi connectivity index (χ4n) is 3.57. The van der Waals surface area contributed by atoms with Crippen LogP contribution in [0.4, 0.5) is 0 Å². The second-order valence-corrected chi connectivity index (χ2v) is 6.69. The van der Waals surface area contributed by atoms with E-state index in [0.717, 1.165) is 50.6 Å². The summed E-state index contributed by atoms with van der Waals surface area (Å²) in [6, 6.07) is 19.6. The van der Waals surface area contributed by atoms with Gasteiger partial charge in [-0.15, -0.1) is 0 Å². The van der Waals surface area contributed by atoms with Crippen LogP contribution >= 0.6 is 0 Å². The van der Waals surface area contributed by atoms with Crippen LogP contribution in [0.1, 0.15) is 22.3 Å². The SMILES string of the molecule is COc1ccc(C2=C(c3cccc(OC)c3)COc3c2ccc(O)c3C)cc1. The maximum Gasteiger partial charge on any atom is 0.134 e. The molecule has 0 radical (unpaired) electrons. The summed E-state index contributed by atoms with van der Waals surface area (Å²) in [5.41, 5.74) is 5.97. The molecule has 0 saturated carbocycles. The van der Waals surface area contributed by atoms with Crippen LogP contribution in [-0.4, -0.2) is 25.9 Å². The molecule has 0 aliphatic carbocycles. The van der Waals surface area contributed by atoms with E-state index >= 15 is 0 Å². The number of ether oxygens (including phenoxy) is 3. The van der Waals surface area contributed by atoms with Crippen molar-refractivity contribution in [1.82, 2.24) is 0 Å². The lowest BCUT2D eigenvalue weighted by Gasteiger charge is -2.26. The van der Waals surface area contributed by atoms with Crippen molar-refractivity contribution in [2.24, 2.45) is 0 Å². The molecule has 1 heterocycles. The zero-order valence-corrected chi connectivity index (χ0v) is 16.2. The van der Waals surface area contributed by atoms with Crippen molar-refractivity contribution in [2.75, 3.05) is 20.8 Å². The van der Waals surface area contributed by atoms with Crippen LogP contribution in [-0.2, 0) is 0 Å². The highest BCUT2D eigenvalue weighted by molar-refractivity contribution is 6.02. The summed E-state index contributed by atoms with van der Waals surface area (Å²) < 4.78 is 16.8. The van der Waals surface area contributed by atoms with Crippen LogP contribution in [0.25, 0.3) is 11.1 Å². The molecule has 0 bridgehead atoms. The lowest BCUT2D eigenvalue weighted by Crippen LogP contribution is -2.13. The Balaban J connectivity index is 1.97. The van der Waals surface area contributed by atoms with Gasteiger partial charge in [-0.2, -0.15) is 0 Å². The largest absolute Gasteiger partial charge is 0.508 e. The van der Waals surface area contributed by atoms with Gasteiger partial charge < -0.3 is 19.3 Å². The summed E-state index contributed by atoms with van der Waals surface area (Å²) in [5.74, 6) is 2.56. The Bertz CT molecular complexity index is 1050. The van der Waals surface area contributed by atoms with Crippen molar-refractivity contribution < 1.29 is 19.3 Å². The molecule has 4 heteroatoms. The van der Waals surface area contributed by atoms with Crippen molar-refractivity contribution in [3.63, 3.8) is 0 Å². The highest BCUT2D eigenvalue weighted by Gasteiger charge is 2.25. The third-order valence-corrected chi connectivity index (χ3v) is 5.11. The normalized spacial score (nSPS) is 13.0. The molecule has 4 rings (SSSR count). The van der Waals surface area contributed by atoms with Crippen molar-refractivity contribution in [3.8, 4) is 23.0 Å². The third-order valence-electron chi connectivity index (χ3n) is 5.11. The minimum absolute atomic E-state index is 0.234. The second kappa shape index (κ2) is 7.31. The summed E-state index contributed by atoms with van der Waals surface area (Å²) in [7, 11) is 3.32. The predicted molar refractivity (Wildman–Crippen MR) is 110 cm³/mol. The van der Waals surface area contributed by atoms with Crippen LogP contribution in [0.15, 0.2) is 60.7 Å². The first-order chi connectivity index (χ1) is 13.6. The van der Waals surface area contributed by atoms with Crippen molar-refractivity contribution >= 4 is 11.1 Å². The average Bonchev–Trinajstić information content (AvgIpc) is 2.75. The summed E-state index contributed by atoms with van der Waals surface area (Å²) in [5, 5.41) is 10.1. The van der Waals surface area contributed by atoms with Gasteiger partial charge in [-0.25, -0.2) is 0 Å². The van der Waals surface area contributed by atoms with Gasteiger partial charge in [-0.1, -0.05) is 24.3 Å². The Morgan fingerprint density at radius 1 is 0.857 bits per heavy atom. The van der Waals surface area contributed by atoms with Crippen LogP contribution in [0.5, 0.6) is 23.0 Å². The fraction of sp³-hybridized carbons (Fsp3) is 0.167. The first-order valence-corrected chi connectivity index (χ1v) is 9.10. The van der Waals surface area contributed by atoms with Crippen LogP contribution in [0.3, 0.4) is 0 Å². The first-order valence-electron chi connectivity index (χ1n) is 9.10. The van der Waals surface area contributed by atoms with Gasteiger partial charge in [0, 0.05) is 16.7 Å². The van der Waals surface area contributed by atoms with Crippen molar-refractivity contribution in [2.45, 2.75) is 6.92 Å². The molecule has 0 amide bonds. The predicted octanol–water partition coefficient (Wildman–Crippen LogP) is 5.07. The zero-order valence-electron chi connectivity index (χ0n) is 16.2. The second-order valence-electron chi connectivity index (χ2n) is 6.69. The number of rotatable bonds is 4. The molecule has 1 N–H and O–H groups in total. The van der Waals surface area contributed by atoms with E-state index in [0.29, 0.717) is 6.61 Å². The number of hydrogen-bond acceptors (Lipinski definition) is 4. The number of methoxy groups -OCH3 is 2. The lowest BCUT2D eigenvalue weighted by molar-refractivity contribution is 0.357. The molecule has 0 spiro atoms. The summed E-state index contributed by atoms with van der Waals surface area (Å²) in [4.78, 5) is 0. The zero-order chi connectivity index (χ0) is 19.7. The Labute approximate surface area is 164 Å². The minimum atomic E-state index is 0.234. The Kier molecular flexibility index (Phi) is 4.70. The number of fused-ring (bicyclic) bond motifs is 1. The molecule has 0 saturated heterocycles. The van der Waals surface area contributed by atoms with E-state index in [9.17, 15) is 5.11 Å². The summed E-state index contributed by atoms with van der Waals surface area (Å²) >= 11 is 0. The standard InChI is InChI=1S/C24H22O4/c1-15-22(25)12-11-20-23(16-7-9-18(26-2)10-8-16)21(14-28-24(15)20)17-5-4-6-19(13-17)27-3/h4-13,25H,14H2,1-3H3. The Morgan fingerprint density at radius 3 is 2.32 bits per heavy atom. The van der Waals surface area contributed by atoms with Crippen molar-refractivity contribution in [3.05, 3.63) is 82.9 Å². The molecule has 1 aliphatic heterocycles. The van der Waals surface area contributed by atoms with Crippen LogP contribution in [0, 0.1) is 6.92 Å². The highest BCUT2D eigenvalue weighted by Crippen LogP contribution is 2.45. The Hall–Kier alpha value is -3.40. The molecule has 0 fully saturated rings.